The summed E-state index contributed by atoms with van der Waals surface area (Å²) in [6.07, 6.45) is 41.0. The van der Waals surface area contributed by atoms with Crippen LogP contribution >= 0.6 is 0 Å². The maximum absolute atomic E-state index is 11.5. The number of carbonyl (C=O) groups excluding carboxylic acids is 1. The van der Waals surface area contributed by atoms with Gasteiger partial charge in [-0.25, -0.2) is 0 Å². The summed E-state index contributed by atoms with van der Waals surface area (Å²) < 4.78 is 0. The topological polar surface area (TPSA) is 43.4 Å². The van der Waals surface area contributed by atoms with Crippen molar-refractivity contribution in [1.82, 2.24) is 4.90 Å². The van der Waals surface area contributed by atoms with Crippen molar-refractivity contribution in [3.05, 3.63) is 0 Å². The van der Waals surface area contributed by atoms with Gasteiger partial charge < -0.3 is 9.90 Å². The number of aliphatic carboxylic acids is 1. The van der Waals surface area contributed by atoms with Gasteiger partial charge in [0, 0.05) is 6.04 Å². The molecule has 0 N–H and O–H groups in total. The maximum atomic E-state index is 11.5. The van der Waals surface area contributed by atoms with E-state index in [1.54, 1.807) is 0 Å². The first-order chi connectivity index (χ1) is 19.6. The third-order valence-electron chi connectivity index (χ3n) is 8.99. The molecular weight excluding hydrogens is 530 g/mol. The molecule has 3 nitrogen and oxygen atoms in total. The van der Waals surface area contributed by atoms with E-state index in [-0.39, 0.29) is 51.4 Å². The molecule has 0 aliphatic rings. The van der Waals surface area contributed by atoms with E-state index in [1.165, 1.54) is 180 Å². The zero-order valence-electron chi connectivity index (χ0n) is 29.0. The molecule has 0 spiro atoms. The van der Waals surface area contributed by atoms with Crippen molar-refractivity contribution in [3.63, 3.8) is 0 Å². The number of carboxylic acid groups (broad SMARTS) is 1. The van der Waals surface area contributed by atoms with Gasteiger partial charge in [0.05, 0.1) is 5.97 Å². The summed E-state index contributed by atoms with van der Waals surface area (Å²) in [5.74, 6) is -0.915. The van der Waals surface area contributed by atoms with Crippen LogP contribution in [0.3, 0.4) is 0 Å². The maximum Gasteiger partial charge on any atom is 1.00 e. The van der Waals surface area contributed by atoms with Crippen molar-refractivity contribution in [3.8, 4) is 0 Å². The predicted molar refractivity (Wildman–Crippen MR) is 176 cm³/mol. The fourth-order valence-electron chi connectivity index (χ4n) is 6.02. The smallest absolute Gasteiger partial charge is 0.548 e. The molecule has 0 amide bonds. The van der Waals surface area contributed by atoms with Gasteiger partial charge in [-0.05, 0) is 32.9 Å². The van der Waals surface area contributed by atoms with Crippen molar-refractivity contribution in [2.24, 2.45) is 0 Å². The normalized spacial score (nSPS) is 12.1. The van der Waals surface area contributed by atoms with E-state index in [0.717, 1.165) is 25.9 Å². The van der Waals surface area contributed by atoms with Crippen LogP contribution in [0, 0.1) is 0 Å². The van der Waals surface area contributed by atoms with E-state index in [1.807, 2.05) is 6.92 Å². The zero-order chi connectivity index (χ0) is 29.4. The van der Waals surface area contributed by atoms with Crippen molar-refractivity contribution < 1.29 is 61.3 Å². The Hall–Kier alpha value is 1.07. The SMILES string of the molecule is CCCCCCCCCCCCCCCCCN(CCCCCCCCCCCCCCCCC)C(C)C(=O)[O-].[K+]. The molecule has 0 fully saturated rings. The summed E-state index contributed by atoms with van der Waals surface area (Å²) >= 11 is 0. The van der Waals surface area contributed by atoms with E-state index in [4.69, 9.17) is 0 Å². The molecule has 0 radical (unpaired) electrons. The number of carboxylic acids is 1. The molecule has 41 heavy (non-hydrogen) atoms. The molecule has 4 heteroatoms. The van der Waals surface area contributed by atoms with Gasteiger partial charge in [0.15, 0.2) is 0 Å². The van der Waals surface area contributed by atoms with Gasteiger partial charge in [0.1, 0.15) is 0 Å². The molecule has 0 bridgehead atoms. The minimum atomic E-state index is -0.915. The van der Waals surface area contributed by atoms with Crippen LogP contribution < -0.4 is 56.5 Å². The fourth-order valence-corrected chi connectivity index (χ4v) is 6.02. The Morgan fingerprint density at radius 1 is 0.439 bits per heavy atom. The van der Waals surface area contributed by atoms with E-state index in [2.05, 4.69) is 18.7 Å². The van der Waals surface area contributed by atoms with Crippen LogP contribution in [0.2, 0.25) is 0 Å². The Labute approximate surface area is 302 Å². The Morgan fingerprint density at radius 2 is 0.634 bits per heavy atom. The summed E-state index contributed by atoms with van der Waals surface area (Å²) in [6.45, 7) is 8.20. The minimum absolute atomic E-state index is 0. The summed E-state index contributed by atoms with van der Waals surface area (Å²) in [5.41, 5.74) is 0. The minimum Gasteiger partial charge on any atom is -0.548 e. The molecule has 240 valence electrons. The third-order valence-corrected chi connectivity index (χ3v) is 8.99. The fraction of sp³-hybridized carbons (Fsp3) is 0.973. The Bertz CT molecular complexity index is 467. The van der Waals surface area contributed by atoms with Gasteiger partial charge in [0.2, 0.25) is 0 Å². The summed E-state index contributed by atoms with van der Waals surface area (Å²) in [5, 5.41) is 11.5. The molecule has 0 saturated heterocycles. The second-order valence-corrected chi connectivity index (χ2v) is 12.9. The van der Waals surface area contributed by atoms with Crippen LogP contribution in [-0.2, 0) is 4.79 Å². The largest absolute Gasteiger partial charge is 1.00 e. The first kappa shape index (κ1) is 44.2. The average molecular weight is 604 g/mol. The zero-order valence-corrected chi connectivity index (χ0v) is 32.1. The van der Waals surface area contributed by atoms with Gasteiger partial charge in [-0.15, -0.1) is 0 Å². The van der Waals surface area contributed by atoms with Crippen molar-refractivity contribution >= 4 is 5.97 Å². The van der Waals surface area contributed by atoms with Crippen LogP contribution in [0.25, 0.3) is 0 Å². The third kappa shape index (κ3) is 33.8. The number of nitrogens with zero attached hydrogens (tertiary/aromatic N) is 1. The first-order valence-corrected chi connectivity index (χ1v) is 18.6. The molecule has 0 aromatic heterocycles. The van der Waals surface area contributed by atoms with Crippen LogP contribution in [0.1, 0.15) is 213 Å². The van der Waals surface area contributed by atoms with E-state index >= 15 is 0 Å². The molecule has 0 rings (SSSR count). The van der Waals surface area contributed by atoms with E-state index in [9.17, 15) is 9.90 Å². The summed E-state index contributed by atoms with van der Waals surface area (Å²) in [7, 11) is 0. The molecule has 0 heterocycles. The summed E-state index contributed by atoms with van der Waals surface area (Å²) in [6, 6.07) is -0.460. The van der Waals surface area contributed by atoms with Crippen molar-refractivity contribution in [2.75, 3.05) is 13.1 Å². The standard InChI is InChI=1S/C37H75NO2.K/c1-4-6-8-10-12-14-16-18-20-22-24-26-28-30-32-34-38(36(3)37(39)40)35-33-31-29-27-25-23-21-19-17-15-13-11-9-7-5-2;/h36H,4-35H2,1-3H3,(H,39,40);/q;+1/p-1. The van der Waals surface area contributed by atoms with E-state index < -0.39 is 12.0 Å². The molecule has 0 aromatic rings. The van der Waals surface area contributed by atoms with Gasteiger partial charge in [-0.3, -0.25) is 4.90 Å². The van der Waals surface area contributed by atoms with Gasteiger partial charge >= 0.3 is 51.4 Å². The first-order valence-electron chi connectivity index (χ1n) is 18.6. The average Bonchev–Trinajstić information content (AvgIpc) is 2.95. The predicted octanol–water partition coefficient (Wildman–Crippen LogP) is 8.17. The molecular formula is C37H74KNO2. The van der Waals surface area contributed by atoms with Gasteiger partial charge in [-0.2, -0.15) is 0 Å². The van der Waals surface area contributed by atoms with Crippen LogP contribution in [0.5, 0.6) is 0 Å². The number of hydrogen-bond acceptors (Lipinski definition) is 3. The number of unbranched alkanes of at least 4 members (excludes halogenated alkanes) is 28. The number of hydrogen-bond donors (Lipinski definition) is 0. The van der Waals surface area contributed by atoms with Gasteiger partial charge in [-0.1, -0.05) is 194 Å². The van der Waals surface area contributed by atoms with Gasteiger partial charge in [0.25, 0.3) is 0 Å². The molecule has 1 unspecified atom stereocenters. The van der Waals surface area contributed by atoms with Crippen LogP contribution in [0.15, 0.2) is 0 Å². The Morgan fingerprint density at radius 3 is 0.829 bits per heavy atom. The quantitative estimate of drug-likeness (QED) is 0.0550. The second-order valence-electron chi connectivity index (χ2n) is 12.9. The summed E-state index contributed by atoms with van der Waals surface area (Å²) in [4.78, 5) is 13.7. The van der Waals surface area contributed by atoms with E-state index in [0.29, 0.717) is 0 Å². The number of carbonyl (C=O) groups is 1. The monoisotopic (exact) mass is 604 g/mol. The molecule has 0 aliphatic heterocycles. The second kappa shape index (κ2) is 37.3. The molecule has 0 aliphatic carbocycles. The molecule has 0 aromatic carbocycles. The molecule has 1 atom stereocenters. The Kier molecular flexibility index (Phi) is 40.2. The van der Waals surface area contributed by atoms with Crippen molar-refractivity contribution in [2.45, 2.75) is 219 Å². The molecule has 0 saturated carbocycles. The van der Waals surface area contributed by atoms with Crippen molar-refractivity contribution in [1.29, 1.82) is 0 Å². The Balaban J connectivity index is 0. The number of rotatable bonds is 34. The van der Waals surface area contributed by atoms with Crippen LogP contribution in [0.4, 0.5) is 0 Å². The van der Waals surface area contributed by atoms with Crippen LogP contribution in [-0.4, -0.2) is 30.0 Å².